The van der Waals surface area contributed by atoms with Gasteiger partial charge >= 0.3 is 0 Å². The third kappa shape index (κ3) is 3.16. The zero-order valence-electron chi connectivity index (χ0n) is 11.9. The Bertz CT molecular complexity index is 627. The number of rotatable bonds is 5. The molecule has 0 aliphatic rings. The molecule has 4 nitrogen and oxygen atoms in total. The van der Waals surface area contributed by atoms with Crippen molar-refractivity contribution in [1.29, 1.82) is 0 Å². The molecule has 0 saturated carbocycles. The number of ether oxygens (including phenoxy) is 3. The average Bonchev–Trinajstić information content (AvgIpc) is 2.45. The quantitative estimate of drug-likeness (QED) is 0.912. The van der Waals surface area contributed by atoms with E-state index in [1.54, 1.807) is 12.1 Å². The van der Waals surface area contributed by atoms with Gasteiger partial charge in [0.25, 0.3) is 0 Å². The van der Waals surface area contributed by atoms with Crippen molar-refractivity contribution >= 4 is 11.4 Å². The van der Waals surface area contributed by atoms with Crippen molar-refractivity contribution in [3.05, 3.63) is 42.0 Å². The standard InChI is InChI=1S/C15H15F2NO3/c1-19-13-5-4-12(14(20-2)15(13)21-3)18-11-7-9(16)6-10(17)8-11/h4-8,18H,1-3H3. The Morgan fingerprint density at radius 1 is 0.810 bits per heavy atom. The van der Waals surface area contributed by atoms with E-state index < -0.39 is 11.6 Å². The Morgan fingerprint density at radius 3 is 1.95 bits per heavy atom. The number of halogens is 2. The van der Waals surface area contributed by atoms with Gasteiger partial charge < -0.3 is 19.5 Å². The van der Waals surface area contributed by atoms with Crippen molar-refractivity contribution in [3.8, 4) is 17.2 Å². The number of hydrogen-bond acceptors (Lipinski definition) is 4. The summed E-state index contributed by atoms with van der Waals surface area (Å²) in [6.45, 7) is 0. The maximum Gasteiger partial charge on any atom is 0.205 e. The molecular weight excluding hydrogens is 280 g/mol. The highest BCUT2D eigenvalue weighted by Crippen LogP contribution is 2.43. The van der Waals surface area contributed by atoms with E-state index in [9.17, 15) is 8.78 Å². The monoisotopic (exact) mass is 295 g/mol. The van der Waals surface area contributed by atoms with Crippen LogP contribution in [-0.4, -0.2) is 21.3 Å². The van der Waals surface area contributed by atoms with E-state index in [4.69, 9.17) is 14.2 Å². The Kier molecular flexibility index (Phi) is 4.47. The fourth-order valence-corrected chi connectivity index (χ4v) is 1.98. The summed E-state index contributed by atoms with van der Waals surface area (Å²) in [6, 6.07) is 6.50. The highest BCUT2D eigenvalue weighted by atomic mass is 19.1. The number of methoxy groups -OCH3 is 3. The first-order chi connectivity index (χ1) is 10.1. The van der Waals surface area contributed by atoms with Gasteiger partial charge in [-0.2, -0.15) is 0 Å². The summed E-state index contributed by atoms with van der Waals surface area (Å²) in [5, 5.41) is 2.89. The molecule has 0 radical (unpaired) electrons. The van der Waals surface area contributed by atoms with E-state index in [0.29, 0.717) is 22.9 Å². The molecule has 0 spiro atoms. The van der Waals surface area contributed by atoms with Gasteiger partial charge in [-0.15, -0.1) is 0 Å². The van der Waals surface area contributed by atoms with Crippen molar-refractivity contribution in [2.24, 2.45) is 0 Å². The highest BCUT2D eigenvalue weighted by Gasteiger charge is 2.16. The molecule has 0 aliphatic carbocycles. The van der Waals surface area contributed by atoms with Crippen LogP contribution in [0.2, 0.25) is 0 Å². The summed E-state index contributed by atoms with van der Waals surface area (Å²) >= 11 is 0. The number of hydrogen-bond donors (Lipinski definition) is 1. The van der Waals surface area contributed by atoms with Crippen LogP contribution in [0.25, 0.3) is 0 Å². The Hall–Kier alpha value is -2.50. The molecular formula is C15H15F2NO3. The van der Waals surface area contributed by atoms with E-state index in [1.165, 1.54) is 33.5 Å². The zero-order valence-corrected chi connectivity index (χ0v) is 11.9. The Labute approximate surface area is 121 Å². The molecule has 0 atom stereocenters. The molecule has 112 valence electrons. The summed E-state index contributed by atoms with van der Waals surface area (Å²) in [6.07, 6.45) is 0. The lowest BCUT2D eigenvalue weighted by molar-refractivity contribution is 0.325. The van der Waals surface area contributed by atoms with E-state index in [-0.39, 0.29) is 5.69 Å². The van der Waals surface area contributed by atoms with E-state index in [0.717, 1.165) is 6.07 Å². The SMILES string of the molecule is COc1ccc(Nc2cc(F)cc(F)c2)c(OC)c1OC. The third-order valence-electron chi connectivity index (χ3n) is 2.85. The smallest absolute Gasteiger partial charge is 0.205 e. The largest absolute Gasteiger partial charge is 0.493 e. The highest BCUT2D eigenvalue weighted by molar-refractivity contribution is 5.73. The molecule has 21 heavy (non-hydrogen) atoms. The average molecular weight is 295 g/mol. The van der Waals surface area contributed by atoms with Crippen LogP contribution in [0.15, 0.2) is 30.3 Å². The van der Waals surface area contributed by atoms with Gasteiger partial charge in [-0.05, 0) is 24.3 Å². The second kappa shape index (κ2) is 6.30. The predicted octanol–water partition coefficient (Wildman–Crippen LogP) is 3.73. The van der Waals surface area contributed by atoms with Crippen molar-refractivity contribution in [2.45, 2.75) is 0 Å². The molecule has 1 N–H and O–H groups in total. The van der Waals surface area contributed by atoms with Crippen molar-refractivity contribution < 1.29 is 23.0 Å². The van der Waals surface area contributed by atoms with Crippen LogP contribution in [0, 0.1) is 11.6 Å². The second-order valence-corrected chi connectivity index (χ2v) is 4.17. The topological polar surface area (TPSA) is 39.7 Å². The molecule has 0 unspecified atom stereocenters. The first kappa shape index (κ1) is 14.9. The van der Waals surface area contributed by atoms with Crippen molar-refractivity contribution in [1.82, 2.24) is 0 Å². The summed E-state index contributed by atoms with van der Waals surface area (Å²) in [5.74, 6) is -0.0809. The van der Waals surface area contributed by atoms with Gasteiger partial charge in [0.2, 0.25) is 5.75 Å². The van der Waals surface area contributed by atoms with Gasteiger partial charge in [-0.3, -0.25) is 0 Å². The van der Waals surface area contributed by atoms with E-state index in [1.807, 2.05) is 0 Å². The fraction of sp³-hybridized carbons (Fsp3) is 0.200. The maximum atomic E-state index is 13.2. The molecule has 2 aromatic rings. The molecule has 0 saturated heterocycles. The van der Waals surface area contributed by atoms with Gasteiger partial charge in [-0.1, -0.05) is 0 Å². The summed E-state index contributed by atoms with van der Waals surface area (Å²) in [4.78, 5) is 0. The molecule has 0 aliphatic heterocycles. The number of benzene rings is 2. The van der Waals surface area contributed by atoms with E-state index in [2.05, 4.69) is 5.32 Å². The van der Waals surface area contributed by atoms with Crippen molar-refractivity contribution in [2.75, 3.05) is 26.6 Å². The number of anilines is 2. The van der Waals surface area contributed by atoms with Crippen LogP contribution in [0.1, 0.15) is 0 Å². The molecule has 0 aromatic heterocycles. The van der Waals surface area contributed by atoms with E-state index >= 15 is 0 Å². The van der Waals surface area contributed by atoms with Crippen LogP contribution < -0.4 is 19.5 Å². The minimum absolute atomic E-state index is 0.262. The van der Waals surface area contributed by atoms with Crippen LogP contribution in [0.4, 0.5) is 20.2 Å². The normalized spacial score (nSPS) is 10.1. The van der Waals surface area contributed by atoms with Gasteiger partial charge in [-0.25, -0.2) is 8.78 Å². The summed E-state index contributed by atoms with van der Waals surface area (Å²) in [5.41, 5.74) is 0.762. The van der Waals surface area contributed by atoms with Crippen LogP contribution >= 0.6 is 0 Å². The molecule has 0 fully saturated rings. The summed E-state index contributed by atoms with van der Waals surface area (Å²) in [7, 11) is 4.45. The first-order valence-electron chi connectivity index (χ1n) is 6.11. The van der Waals surface area contributed by atoms with Gasteiger partial charge in [0.05, 0.1) is 27.0 Å². The van der Waals surface area contributed by atoms with Gasteiger partial charge in [0.15, 0.2) is 11.5 Å². The zero-order chi connectivity index (χ0) is 15.4. The fourth-order valence-electron chi connectivity index (χ4n) is 1.98. The third-order valence-corrected chi connectivity index (χ3v) is 2.85. The van der Waals surface area contributed by atoms with Crippen LogP contribution in [0.5, 0.6) is 17.2 Å². The Balaban J connectivity index is 2.44. The molecule has 0 bridgehead atoms. The lowest BCUT2D eigenvalue weighted by Crippen LogP contribution is -2.00. The molecule has 2 rings (SSSR count). The first-order valence-corrected chi connectivity index (χ1v) is 6.11. The minimum atomic E-state index is -0.669. The molecule has 0 heterocycles. The van der Waals surface area contributed by atoms with Gasteiger partial charge in [0, 0.05) is 11.8 Å². The second-order valence-electron chi connectivity index (χ2n) is 4.17. The van der Waals surface area contributed by atoms with Crippen LogP contribution in [-0.2, 0) is 0 Å². The molecule has 0 amide bonds. The Morgan fingerprint density at radius 2 is 1.43 bits per heavy atom. The summed E-state index contributed by atoms with van der Waals surface area (Å²) < 4.78 is 42.1. The predicted molar refractivity (Wildman–Crippen MR) is 75.7 cm³/mol. The van der Waals surface area contributed by atoms with Crippen molar-refractivity contribution in [3.63, 3.8) is 0 Å². The molecule has 6 heteroatoms. The number of nitrogens with one attached hydrogen (secondary N) is 1. The lowest BCUT2D eigenvalue weighted by atomic mass is 10.2. The minimum Gasteiger partial charge on any atom is -0.493 e. The van der Waals surface area contributed by atoms with Gasteiger partial charge in [0.1, 0.15) is 11.6 Å². The lowest BCUT2D eigenvalue weighted by Gasteiger charge is -2.16. The molecule has 2 aromatic carbocycles. The van der Waals surface area contributed by atoms with Crippen LogP contribution in [0.3, 0.4) is 0 Å². The maximum absolute atomic E-state index is 13.2.